The monoisotopic (exact) mass is 533 g/mol. The SMILES string of the molecule is CC(C)c1cc(-c2cccc(-c3cc(-c4cccnc4)cc4cccnc34)c2)c2nc(-c3ccccc3O)oc2c1. The van der Waals surface area contributed by atoms with Crippen LogP contribution in [0.25, 0.3) is 66.8 Å². The molecule has 5 heteroatoms. The molecule has 0 aliphatic heterocycles. The quantitative estimate of drug-likeness (QED) is 0.239. The smallest absolute Gasteiger partial charge is 0.231 e. The van der Waals surface area contributed by atoms with E-state index in [9.17, 15) is 5.11 Å². The Labute approximate surface area is 237 Å². The zero-order valence-electron chi connectivity index (χ0n) is 22.7. The van der Waals surface area contributed by atoms with E-state index >= 15 is 0 Å². The molecule has 4 aromatic carbocycles. The summed E-state index contributed by atoms with van der Waals surface area (Å²) in [5.74, 6) is 0.833. The number of aromatic hydroxyl groups is 1. The molecule has 0 aliphatic rings. The second kappa shape index (κ2) is 10.0. The van der Waals surface area contributed by atoms with Gasteiger partial charge in [-0.1, -0.05) is 56.3 Å². The fraction of sp³-hybridized carbons (Fsp3) is 0.0833. The van der Waals surface area contributed by atoms with Gasteiger partial charge in [0.05, 0.1) is 11.1 Å². The zero-order chi connectivity index (χ0) is 27.9. The van der Waals surface area contributed by atoms with Gasteiger partial charge in [0.15, 0.2) is 5.58 Å². The van der Waals surface area contributed by atoms with Gasteiger partial charge in [0.2, 0.25) is 5.89 Å². The third kappa shape index (κ3) is 4.51. The van der Waals surface area contributed by atoms with Crippen molar-refractivity contribution in [1.29, 1.82) is 0 Å². The van der Waals surface area contributed by atoms with Crippen molar-refractivity contribution in [2.45, 2.75) is 19.8 Å². The number of phenolic OH excluding ortho intramolecular Hbond substituents is 1. The largest absolute Gasteiger partial charge is 0.507 e. The van der Waals surface area contributed by atoms with Gasteiger partial charge in [-0.2, -0.15) is 0 Å². The van der Waals surface area contributed by atoms with E-state index in [1.165, 1.54) is 0 Å². The topological polar surface area (TPSA) is 72.0 Å². The molecule has 5 nitrogen and oxygen atoms in total. The molecule has 0 saturated heterocycles. The van der Waals surface area contributed by atoms with Crippen molar-refractivity contribution in [3.63, 3.8) is 0 Å². The van der Waals surface area contributed by atoms with Crippen LogP contribution in [0.3, 0.4) is 0 Å². The summed E-state index contributed by atoms with van der Waals surface area (Å²) in [6.45, 7) is 4.34. The first-order chi connectivity index (χ1) is 20.0. The van der Waals surface area contributed by atoms with Crippen molar-refractivity contribution >= 4 is 22.0 Å². The maximum atomic E-state index is 10.5. The molecule has 3 aromatic heterocycles. The average Bonchev–Trinajstić information content (AvgIpc) is 3.45. The molecule has 0 bridgehead atoms. The first-order valence-corrected chi connectivity index (χ1v) is 13.7. The number of hydrogen-bond donors (Lipinski definition) is 1. The Morgan fingerprint density at radius 3 is 2.22 bits per heavy atom. The summed E-state index contributed by atoms with van der Waals surface area (Å²) in [5, 5.41) is 11.5. The third-order valence-corrected chi connectivity index (χ3v) is 7.50. The minimum atomic E-state index is 0.138. The standard InChI is InChI=1S/C36H27N3O2/c1-22(2)27-18-31(35-33(20-27)41-36(39-35)29-12-3-4-13-32(29)40)24-9-5-8-23(16-24)30-19-28(26-11-6-14-37-21-26)17-25-10-7-15-38-34(25)30/h3-22,40H,1-2H3. The lowest BCUT2D eigenvalue weighted by molar-refractivity contribution is 0.474. The predicted octanol–water partition coefficient (Wildman–Crippen LogP) is 9.27. The fourth-order valence-electron chi connectivity index (χ4n) is 5.34. The summed E-state index contributed by atoms with van der Waals surface area (Å²) in [7, 11) is 0. The molecule has 0 unspecified atom stereocenters. The molecule has 3 heterocycles. The highest BCUT2D eigenvalue weighted by molar-refractivity contribution is 5.99. The van der Waals surface area contributed by atoms with E-state index in [2.05, 4.69) is 79.5 Å². The molecule has 0 amide bonds. The summed E-state index contributed by atoms with van der Waals surface area (Å²) < 4.78 is 6.24. The van der Waals surface area contributed by atoms with Crippen LogP contribution in [0, 0.1) is 0 Å². The number of phenols is 1. The third-order valence-electron chi connectivity index (χ3n) is 7.50. The van der Waals surface area contributed by atoms with E-state index in [1.807, 2.05) is 36.7 Å². The average molecular weight is 534 g/mol. The van der Waals surface area contributed by atoms with Crippen molar-refractivity contribution in [1.82, 2.24) is 15.0 Å². The molecule has 0 radical (unpaired) electrons. The van der Waals surface area contributed by atoms with Gasteiger partial charge < -0.3 is 9.52 Å². The molecule has 0 aliphatic carbocycles. The van der Waals surface area contributed by atoms with Crippen molar-refractivity contribution in [3.05, 3.63) is 121 Å². The van der Waals surface area contributed by atoms with Crippen LogP contribution < -0.4 is 0 Å². The first-order valence-electron chi connectivity index (χ1n) is 13.7. The molecule has 0 atom stereocenters. The Morgan fingerprint density at radius 1 is 0.659 bits per heavy atom. The molecule has 1 N–H and O–H groups in total. The van der Waals surface area contributed by atoms with Crippen LogP contribution in [-0.2, 0) is 0 Å². The zero-order valence-corrected chi connectivity index (χ0v) is 22.7. The number of rotatable bonds is 5. The Balaban J connectivity index is 1.43. The van der Waals surface area contributed by atoms with Gasteiger partial charge in [0.1, 0.15) is 11.3 Å². The highest BCUT2D eigenvalue weighted by atomic mass is 16.3. The van der Waals surface area contributed by atoms with Gasteiger partial charge >= 0.3 is 0 Å². The van der Waals surface area contributed by atoms with Gasteiger partial charge in [-0.05, 0) is 82.8 Å². The molecule has 0 spiro atoms. The maximum absolute atomic E-state index is 10.5. The van der Waals surface area contributed by atoms with Crippen molar-refractivity contribution < 1.29 is 9.52 Å². The Morgan fingerprint density at radius 2 is 1.44 bits per heavy atom. The number of pyridine rings is 2. The van der Waals surface area contributed by atoms with Gasteiger partial charge in [-0.3, -0.25) is 9.97 Å². The van der Waals surface area contributed by atoms with Gasteiger partial charge in [-0.25, -0.2) is 4.98 Å². The molecule has 7 aromatic rings. The normalized spacial score (nSPS) is 11.5. The number of oxazole rings is 1. The lowest BCUT2D eigenvalue weighted by Crippen LogP contribution is -1.91. The maximum Gasteiger partial charge on any atom is 0.231 e. The van der Waals surface area contributed by atoms with E-state index in [0.717, 1.165) is 55.4 Å². The lowest BCUT2D eigenvalue weighted by Gasteiger charge is -2.13. The van der Waals surface area contributed by atoms with E-state index in [0.29, 0.717) is 23.0 Å². The van der Waals surface area contributed by atoms with E-state index in [1.54, 1.807) is 18.3 Å². The minimum Gasteiger partial charge on any atom is -0.507 e. The predicted molar refractivity (Wildman–Crippen MR) is 165 cm³/mol. The number of nitrogens with zero attached hydrogens (tertiary/aromatic N) is 3. The second-order valence-electron chi connectivity index (χ2n) is 10.5. The van der Waals surface area contributed by atoms with Crippen LogP contribution in [-0.4, -0.2) is 20.1 Å². The van der Waals surface area contributed by atoms with Crippen molar-refractivity contribution in [2.75, 3.05) is 0 Å². The van der Waals surface area contributed by atoms with Crippen LogP contribution in [0.5, 0.6) is 5.75 Å². The molecule has 7 rings (SSSR count). The molecular formula is C36H27N3O2. The summed E-state index contributed by atoms with van der Waals surface area (Å²) >= 11 is 0. The van der Waals surface area contributed by atoms with Crippen LogP contribution >= 0.6 is 0 Å². The Bertz CT molecular complexity index is 2040. The summed E-state index contributed by atoms with van der Waals surface area (Å²) in [4.78, 5) is 14.0. The molecular weight excluding hydrogens is 506 g/mol. The Hall–Kier alpha value is -5.29. The van der Waals surface area contributed by atoms with E-state index in [-0.39, 0.29) is 5.75 Å². The van der Waals surface area contributed by atoms with Gasteiger partial charge in [-0.15, -0.1) is 0 Å². The van der Waals surface area contributed by atoms with E-state index in [4.69, 9.17) is 14.4 Å². The van der Waals surface area contributed by atoms with Crippen LogP contribution in [0.4, 0.5) is 0 Å². The van der Waals surface area contributed by atoms with Crippen molar-refractivity contribution in [2.24, 2.45) is 0 Å². The van der Waals surface area contributed by atoms with Gasteiger partial charge in [0, 0.05) is 40.7 Å². The number of fused-ring (bicyclic) bond motifs is 2. The summed E-state index contributed by atoms with van der Waals surface area (Å²) in [5.41, 5.74) is 10.4. The van der Waals surface area contributed by atoms with Crippen LogP contribution in [0.2, 0.25) is 0 Å². The molecule has 0 saturated carbocycles. The molecule has 0 fully saturated rings. The highest BCUT2D eigenvalue weighted by Crippen LogP contribution is 2.39. The summed E-state index contributed by atoms with van der Waals surface area (Å²) in [6.07, 6.45) is 5.51. The van der Waals surface area contributed by atoms with Crippen LogP contribution in [0.1, 0.15) is 25.3 Å². The number of benzene rings is 4. The lowest BCUT2D eigenvalue weighted by atomic mass is 9.92. The van der Waals surface area contributed by atoms with Crippen LogP contribution in [0.15, 0.2) is 120 Å². The number of hydrogen-bond acceptors (Lipinski definition) is 5. The van der Waals surface area contributed by atoms with Crippen molar-refractivity contribution in [3.8, 4) is 50.6 Å². The Kier molecular flexibility index (Phi) is 6.05. The van der Waals surface area contributed by atoms with Gasteiger partial charge in [0.25, 0.3) is 0 Å². The molecule has 198 valence electrons. The summed E-state index contributed by atoms with van der Waals surface area (Å²) in [6, 6.07) is 32.3. The first kappa shape index (κ1) is 24.7. The second-order valence-corrected chi connectivity index (χ2v) is 10.5. The number of aromatic nitrogens is 3. The fourth-order valence-corrected chi connectivity index (χ4v) is 5.34. The number of para-hydroxylation sites is 1. The van der Waals surface area contributed by atoms with E-state index < -0.39 is 0 Å². The molecule has 41 heavy (non-hydrogen) atoms. The minimum absolute atomic E-state index is 0.138. The highest BCUT2D eigenvalue weighted by Gasteiger charge is 2.18.